The van der Waals surface area contributed by atoms with Gasteiger partial charge in [0.2, 0.25) is 23.7 Å². The van der Waals surface area contributed by atoms with Crippen molar-refractivity contribution in [3.8, 4) is 11.3 Å². The van der Waals surface area contributed by atoms with Gasteiger partial charge in [-0.2, -0.15) is 0 Å². The predicted octanol–water partition coefficient (Wildman–Crippen LogP) is 4.93. The monoisotopic (exact) mass is 849 g/mol. The number of hydrogen-bond acceptors (Lipinski definition) is 12. The normalized spacial score (nSPS) is 16.5. The van der Waals surface area contributed by atoms with Crippen LogP contribution < -0.4 is 16.0 Å². The number of nitrogens with one attached hydrogen (secondary N) is 3. The van der Waals surface area contributed by atoms with E-state index >= 15 is 0 Å². The summed E-state index contributed by atoms with van der Waals surface area (Å²) in [5.74, 6) is -1.87. The van der Waals surface area contributed by atoms with Gasteiger partial charge in [0, 0.05) is 86.8 Å². The van der Waals surface area contributed by atoms with Crippen LogP contribution in [0.25, 0.3) is 11.3 Å². The highest BCUT2D eigenvalue weighted by atomic mass is 16.5. The van der Waals surface area contributed by atoms with E-state index in [1.165, 1.54) is 0 Å². The number of ether oxygens (including phenoxy) is 1. The molecule has 1 unspecified atom stereocenters. The highest BCUT2D eigenvalue weighted by molar-refractivity contribution is 6.24. The largest absolute Gasteiger partial charge is 0.381 e. The lowest BCUT2D eigenvalue weighted by atomic mass is 9.99. The Morgan fingerprint density at radius 3 is 2.49 bits per heavy atom. The summed E-state index contributed by atoms with van der Waals surface area (Å²) in [6.07, 6.45) is 6.62. The Morgan fingerprint density at radius 1 is 0.889 bits per heavy atom. The second-order valence-electron chi connectivity index (χ2n) is 15.7. The first-order chi connectivity index (χ1) is 30.6. The van der Waals surface area contributed by atoms with Crippen LogP contribution in [0.2, 0.25) is 0 Å². The van der Waals surface area contributed by atoms with E-state index in [0.717, 1.165) is 46.1 Å². The fourth-order valence-corrected chi connectivity index (χ4v) is 8.00. The first-order valence-corrected chi connectivity index (χ1v) is 21.0. The number of piperidine rings is 1. The molecular formula is C47H47N9O7. The molecule has 1 atom stereocenters. The van der Waals surface area contributed by atoms with Crippen molar-refractivity contribution in [1.29, 1.82) is 0 Å². The number of aromatic nitrogens is 3. The molecule has 5 heterocycles. The van der Waals surface area contributed by atoms with Gasteiger partial charge in [0.1, 0.15) is 6.04 Å². The summed E-state index contributed by atoms with van der Waals surface area (Å²) >= 11 is 0. The molecule has 0 bridgehead atoms. The molecule has 0 radical (unpaired) electrons. The van der Waals surface area contributed by atoms with Crippen LogP contribution in [0.4, 0.5) is 17.3 Å². The van der Waals surface area contributed by atoms with E-state index in [2.05, 4.69) is 35.8 Å². The van der Waals surface area contributed by atoms with Gasteiger partial charge in [-0.25, -0.2) is 9.97 Å². The SMILES string of the molecule is Cc1ccc(NC(=O)c2ccc(CN3CCN(C(=O)CCOCCCc4cccc5c4C(=O)N(C4CCC(=O)NC4=O)C5=O)CC3)cc2)cc1Nc1nccc(-c2cccnc2)n1. The Morgan fingerprint density at radius 2 is 1.71 bits per heavy atom. The van der Waals surface area contributed by atoms with Crippen LogP contribution in [0.1, 0.15) is 73.4 Å². The van der Waals surface area contributed by atoms with Crippen molar-refractivity contribution >= 4 is 52.8 Å². The highest BCUT2D eigenvalue weighted by Crippen LogP contribution is 2.31. The van der Waals surface area contributed by atoms with Crippen molar-refractivity contribution in [2.45, 2.75) is 51.6 Å². The maximum absolute atomic E-state index is 13.3. The van der Waals surface area contributed by atoms with Gasteiger partial charge in [0.05, 0.1) is 29.8 Å². The van der Waals surface area contributed by atoms with E-state index in [4.69, 9.17) is 4.74 Å². The number of rotatable bonds is 15. The zero-order valence-electron chi connectivity index (χ0n) is 34.8. The summed E-state index contributed by atoms with van der Waals surface area (Å²) < 4.78 is 5.79. The lowest BCUT2D eigenvalue weighted by molar-refractivity contribution is -0.136. The molecule has 6 amide bonds. The predicted molar refractivity (Wildman–Crippen MR) is 233 cm³/mol. The number of pyridine rings is 1. The summed E-state index contributed by atoms with van der Waals surface area (Å²) in [6, 6.07) is 22.9. The number of nitrogens with zero attached hydrogens (tertiary/aromatic N) is 6. The van der Waals surface area contributed by atoms with Crippen molar-refractivity contribution in [2.24, 2.45) is 0 Å². The average Bonchev–Trinajstić information content (AvgIpc) is 3.55. The van der Waals surface area contributed by atoms with Gasteiger partial charge in [0.25, 0.3) is 17.7 Å². The highest BCUT2D eigenvalue weighted by Gasteiger charge is 2.45. The summed E-state index contributed by atoms with van der Waals surface area (Å²) in [6.45, 7) is 5.97. The van der Waals surface area contributed by atoms with Crippen LogP contribution in [0.3, 0.4) is 0 Å². The molecule has 3 aromatic carbocycles. The van der Waals surface area contributed by atoms with Gasteiger partial charge in [0.15, 0.2) is 0 Å². The second-order valence-corrected chi connectivity index (χ2v) is 15.7. The first-order valence-electron chi connectivity index (χ1n) is 21.0. The number of fused-ring (bicyclic) bond motifs is 1. The topological polar surface area (TPSA) is 196 Å². The standard InChI is InChI=1S/C47H47N9O7/c1-30-9-14-35(27-38(30)52-47-49-20-17-37(51-47)34-6-3-19-48-28-34)50-43(59)33-12-10-31(11-13-33)29-54-21-23-55(24-22-54)41(58)18-26-63-25-4-7-32-5-2-8-36-42(32)46(62)56(45(36)61)39-15-16-40(57)53-44(39)60/h2-3,5-6,8-14,17,19-20,27-28,39H,4,7,15-16,18,21-26,29H2,1H3,(H,50,59)(H,49,51,52)(H,53,57,60). The van der Waals surface area contributed by atoms with Crippen LogP contribution in [0.15, 0.2) is 97.5 Å². The van der Waals surface area contributed by atoms with E-state index < -0.39 is 29.7 Å². The summed E-state index contributed by atoms with van der Waals surface area (Å²) in [5, 5.41) is 8.48. The minimum Gasteiger partial charge on any atom is -0.381 e. The lowest BCUT2D eigenvalue weighted by Crippen LogP contribution is -2.54. The fourth-order valence-electron chi connectivity index (χ4n) is 8.00. The molecule has 3 aliphatic heterocycles. The van der Waals surface area contributed by atoms with Gasteiger partial charge < -0.3 is 20.3 Å². The maximum atomic E-state index is 13.3. The van der Waals surface area contributed by atoms with E-state index in [0.29, 0.717) is 67.4 Å². The van der Waals surface area contributed by atoms with E-state index in [-0.39, 0.29) is 43.2 Å². The second kappa shape index (κ2) is 19.3. The minimum atomic E-state index is -1.01. The molecule has 2 saturated heterocycles. The molecule has 2 aromatic heterocycles. The van der Waals surface area contributed by atoms with Crippen molar-refractivity contribution in [3.63, 3.8) is 0 Å². The summed E-state index contributed by atoms with van der Waals surface area (Å²) in [7, 11) is 0. The van der Waals surface area contributed by atoms with E-state index in [9.17, 15) is 28.8 Å². The lowest BCUT2D eigenvalue weighted by Gasteiger charge is -2.34. The smallest absolute Gasteiger partial charge is 0.262 e. The summed E-state index contributed by atoms with van der Waals surface area (Å²) in [4.78, 5) is 95.0. The molecule has 3 aliphatic rings. The Balaban J connectivity index is 0.739. The number of benzene rings is 3. The zero-order chi connectivity index (χ0) is 43.9. The maximum Gasteiger partial charge on any atom is 0.262 e. The van der Waals surface area contributed by atoms with Crippen molar-refractivity contribution in [3.05, 3.63) is 131 Å². The molecule has 2 fully saturated rings. The van der Waals surface area contributed by atoms with Crippen molar-refractivity contribution in [2.75, 3.05) is 50.0 Å². The third kappa shape index (κ3) is 9.98. The minimum absolute atomic E-state index is 0.0309. The zero-order valence-corrected chi connectivity index (χ0v) is 34.8. The third-order valence-electron chi connectivity index (χ3n) is 11.5. The Kier molecular flexibility index (Phi) is 13.0. The third-order valence-corrected chi connectivity index (χ3v) is 11.5. The molecule has 5 aromatic rings. The van der Waals surface area contributed by atoms with Gasteiger partial charge in [-0.05, 0) is 91.4 Å². The Labute approximate surface area is 364 Å². The molecule has 8 rings (SSSR count). The molecule has 63 heavy (non-hydrogen) atoms. The fraction of sp³-hybridized carbons (Fsp3) is 0.298. The molecule has 322 valence electrons. The number of amides is 6. The van der Waals surface area contributed by atoms with E-state index in [1.807, 2.05) is 72.5 Å². The molecular weight excluding hydrogens is 803 g/mol. The number of hydrogen-bond donors (Lipinski definition) is 3. The van der Waals surface area contributed by atoms with E-state index in [1.54, 1.807) is 36.8 Å². The average molecular weight is 850 g/mol. The number of imide groups is 2. The number of carbonyl (C=O) groups is 6. The van der Waals surface area contributed by atoms with Gasteiger partial charge in [-0.1, -0.05) is 30.3 Å². The van der Waals surface area contributed by atoms with Gasteiger partial charge in [-0.3, -0.25) is 48.9 Å². The van der Waals surface area contributed by atoms with Crippen molar-refractivity contribution < 1.29 is 33.5 Å². The van der Waals surface area contributed by atoms with Gasteiger partial charge >= 0.3 is 0 Å². The molecule has 16 heteroatoms. The van der Waals surface area contributed by atoms with Crippen LogP contribution in [0.5, 0.6) is 0 Å². The molecule has 0 aliphatic carbocycles. The van der Waals surface area contributed by atoms with Crippen LogP contribution in [-0.2, 0) is 32.1 Å². The quantitative estimate of drug-likeness (QED) is 0.0951. The van der Waals surface area contributed by atoms with Gasteiger partial charge in [-0.15, -0.1) is 0 Å². The van der Waals surface area contributed by atoms with Crippen LogP contribution >= 0.6 is 0 Å². The Bertz CT molecular complexity index is 2540. The Hall–Kier alpha value is -7.17. The summed E-state index contributed by atoms with van der Waals surface area (Å²) in [5.41, 5.74) is 6.83. The molecule has 3 N–H and O–H groups in total. The number of anilines is 3. The molecule has 0 spiro atoms. The number of piperazine rings is 1. The van der Waals surface area contributed by atoms with Crippen LogP contribution in [0, 0.1) is 6.92 Å². The first kappa shape index (κ1) is 42.5. The number of carbonyl (C=O) groups excluding carboxylic acids is 6. The van der Waals surface area contributed by atoms with Crippen LogP contribution in [-0.4, -0.2) is 111 Å². The molecule has 0 saturated carbocycles. The number of aryl methyl sites for hydroxylation is 2. The van der Waals surface area contributed by atoms with Crippen molar-refractivity contribution in [1.82, 2.24) is 35.0 Å². The molecule has 16 nitrogen and oxygen atoms in total.